The maximum Gasteiger partial charge on any atom is 0.338 e. The van der Waals surface area contributed by atoms with Gasteiger partial charge in [0.15, 0.2) is 16.3 Å². The van der Waals surface area contributed by atoms with Crippen molar-refractivity contribution in [1.82, 2.24) is 4.57 Å². The van der Waals surface area contributed by atoms with Crippen molar-refractivity contribution in [2.45, 2.75) is 19.9 Å². The third-order valence-corrected chi connectivity index (χ3v) is 6.26. The molecule has 0 fully saturated rings. The first kappa shape index (κ1) is 23.2. The van der Waals surface area contributed by atoms with Gasteiger partial charge in [-0.15, -0.1) is 0 Å². The van der Waals surface area contributed by atoms with E-state index >= 15 is 0 Å². The summed E-state index contributed by atoms with van der Waals surface area (Å²) in [5, 5.41) is 0. The molecule has 4 rings (SSSR count). The maximum atomic E-state index is 13.5. The smallest absolute Gasteiger partial charge is 0.338 e. The summed E-state index contributed by atoms with van der Waals surface area (Å²) in [5.41, 5.74) is 1.86. The van der Waals surface area contributed by atoms with Crippen LogP contribution in [0.3, 0.4) is 0 Å². The van der Waals surface area contributed by atoms with E-state index in [9.17, 15) is 14.4 Å². The van der Waals surface area contributed by atoms with Crippen LogP contribution in [0, 0.1) is 0 Å². The number of benzene rings is 2. The summed E-state index contributed by atoms with van der Waals surface area (Å²) < 4.78 is 17.6. The van der Waals surface area contributed by atoms with E-state index in [1.165, 1.54) is 37.0 Å². The van der Waals surface area contributed by atoms with E-state index in [1.807, 2.05) is 30.3 Å². The molecule has 34 heavy (non-hydrogen) atoms. The first-order valence-electron chi connectivity index (χ1n) is 10.4. The molecule has 0 radical (unpaired) electrons. The molecule has 0 saturated heterocycles. The largest absolute Gasteiger partial charge is 0.493 e. The number of methoxy groups -OCH3 is 2. The topological polar surface area (TPSA) is 96.2 Å². The van der Waals surface area contributed by atoms with Gasteiger partial charge in [0.05, 0.1) is 36.1 Å². The molecule has 3 aromatic rings. The fourth-order valence-corrected chi connectivity index (χ4v) is 4.85. The lowest BCUT2D eigenvalue weighted by Gasteiger charge is -2.25. The first-order chi connectivity index (χ1) is 16.3. The Kier molecular flexibility index (Phi) is 6.47. The Bertz CT molecular complexity index is 1480. The lowest BCUT2D eigenvalue weighted by atomic mass is 9.95. The molecule has 2 aromatic carbocycles. The molecule has 2 heterocycles. The third-order valence-electron chi connectivity index (χ3n) is 5.28. The van der Waals surface area contributed by atoms with Crippen molar-refractivity contribution in [2.75, 3.05) is 14.2 Å². The molecule has 0 N–H and O–H groups in total. The normalized spacial score (nSPS) is 15.4. The molecule has 1 aliphatic heterocycles. The Hall–Kier alpha value is -3.98. The number of esters is 2. The van der Waals surface area contributed by atoms with Crippen molar-refractivity contribution in [3.63, 3.8) is 0 Å². The lowest BCUT2D eigenvalue weighted by molar-refractivity contribution is -0.136. The van der Waals surface area contributed by atoms with E-state index in [0.717, 1.165) is 5.56 Å². The average molecular weight is 479 g/mol. The zero-order valence-corrected chi connectivity index (χ0v) is 19.8. The van der Waals surface area contributed by atoms with Crippen molar-refractivity contribution in [2.24, 2.45) is 4.99 Å². The number of allylic oxidation sites excluding steroid dienone is 1. The molecule has 1 aliphatic rings. The van der Waals surface area contributed by atoms with Gasteiger partial charge in [0.1, 0.15) is 0 Å². The minimum atomic E-state index is -0.804. The highest BCUT2D eigenvalue weighted by molar-refractivity contribution is 7.07. The number of ether oxygens (including phenoxy) is 3. The van der Waals surface area contributed by atoms with Crippen molar-refractivity contribution in [1.29, 1.82) is 0 Å². The Morgan fingerprint density at radius 2 is 1.82 bits per heavy atom. The van der Waals surface area contributed by atoms with Gasteiger partial charge in [0.25, 0.3) is 5.56 Å². The molecule has 1 atom stereocenters. The second-order valence-electron chi connectivity index (χ2n) is 7.49. The monoisotopic (exact) mass is 478 g/mol. The van der Waals surface area contributed by atoms with E-state index in [0.29, 0.717) is 20.6 Å². The number of thiazole rings is 1. The van der Waals surface area contributed by atoms with Crippen molar-refractivity contribution < 1.29 is 23.8 Å². The van der Waals surface area contributed by atoms with Crippen LogP contribution in [0.25, 0.3) is 6.08 Å². The molecule has 0 spiro atoms. The van der Waals surface area contributed by atoms with E-state index < -0.39 is 18.0 Å². The number of carbonyl (C=O) groups is 2. The summed E-state index contributed by atoms with van der Waals surface area (Å²) in [6, 6.07) is 13.6. The Morgan fingerprint density at radius 1 is 1.09 bits per heavy atom. The molecular formula is C25H22N2O6S. The van der Waals surface area contributed by atoms with Crippen LogP contribution in [-0.4, -0.2) is 30.7 Å². The fraction of sp³-hybridized carbons (Fsp3) is 0.200. The van der Waals surface area contributed by atoms with Crippen LogP contribution in [0.15, 0.2) is 69.6 Å². The van der Waals surface area contributed by atoms with Gasteiger partial charge in [-0.05, 0) is 36.3 Å². The second-order valence-corrected chi connectivity index (χ2v) is 8.50. The Labute approximate surface area is 199 Å². The molecule has 1 unspecified atom stereocenters. The van der Waals surface area contributed by atoms with Gasteiger partial charge >= 0.3 is 11.9 Å². The van der Waals surface area contributed by atoms with Crippen molar-refractivity contribution >= 4 is 29.4 Å². The van der Waals surface area contributed by atoms with Gasteiger partial charge in [0, 0.05) is 6.92 Å². The Morgan fingerprint density at radius 3 is 2.47 bits per heavy atom. The zero-order chi connectivity index (χ0) is 24.4. The lowest BCUT2D eigenvalue weighted by Crippen LogP contribution is -2.39. The van der Waals surface area contributed by atoms with Crippen molar-refractivity contribution in [3.8, 4) is 11.5 Å². The first-order valence-corrected chi connectivity index (χ1v) is 11.2. The number of carbonyl (C=O) groups excluding carboxylic acids is 2. The van der Waals surface area contributed by atoms with E-state index in [-0.39, 0.29) is 22.6 Å². The van der Waals surface area contributed by atoms with E-state index in [4.69, 9.17) is 14.2 Å². The highest BCUT2D eigenvalue weighted by Crippen LogP contribution is 2.36. The maximum absolute atomic E-state index is 13.5. The second kappa shape index (κ2) is 9.48. The highest BCUT2D eigenvalue weighted by atomic mass is 32.1. The minimum Gasteiger partial charge on any atom is -0.493 e. The van der Waals surface area contributed by atoms with Crippen LogP contribution in [0.4, 0.5) is 0 Å². The van der Waals surface area contributed by atoms with Gasteiger partial charge in [-0.25, -0.2) is 9.79 Å². The molecule has 0 amide bonds. The van der Waals surface area contributed by atoms with Crippen LogP contribution < -0.4 is 24.4 Å². The average Bonchev–Trinajstić information content (AvgIpc) is 3.12. The standard InChI is InChI=1S/C25H22N2O6S/c1-14-21(24(30)32-4)22(17-10-11-18(33-15(2)28)19(13-17)31-3)27-23(29)20(34-25(27)26-14)12-16-8-6-5-7-9-16/h5-13,22H,1-4H3/b20-12-. The molecular weight excluding hydrogens is 456 g/mol. The van der Waals surface area contributed by atoms with E-state index in [2.05, 4.69) is 4.99 Å². The number of nitrogens with zero attached hydrogens (tertiary/aromatic N) is 2. The van der Waals surface area contributed by atoms with Crippen LogP contribution in [0.2, 0.25) is 0 Å². The number of rotatable bonds is 5. The predicted molar refractivity (Wildman–Crippen MR) is 127 cm³/mol. The molecule has 9 heteroatoms. The molecule has 8 nitrogen and oxygen atoms in total. The van der Waals surface area contributed by atoms with Gasteiger partial charge in [-0.1, -0.05) is 47.7 Å². The van der Waals surface area contributed by atoms with Crippen LogP contribution >= 0.6 is 11.3 Å². The van der Waals surface area contributed by atoms with Crippen LogP contribution in [0.1, 0.15) is 31.0 Å². The van der Waals surface area contributed by atoms with Gasteiger partial charge in [-0.2, -0.15) is 0 Å². The molecule has 174 valence electrons. The minimum absolute atomic E-state index is 0.232. The van der Waals surface area contributed by atoms with Gasteiger partial charge in [-0.3, -0.25) is 14.2 Å². The number of hydrogen-bond acceptors (Lipinski definition) is 8. The highest BCUT2D eigenvalue weighted by Gasteiger charge is 2.33. The summed E-state index contributed by atoms with van der Waals surface area (Å²) in [5.74, 6) is -0.564. The number of hydrogen-bond donors (Lipinski definition) is 0. The van der Waals surface area contributed by atoms with Crippen LogP contribution in [0.5, 0.6) is 11.5 Å². The van der Waals surface area contributed by atoms with Crippen molar-refractivity contribution in [3.05, 3.63) is 90.6 Å². The van der Waals surface area contributed by atoms with Crippen LogP contribution in [-0.2, 0) is 14.3 Å². The third kappa shape index (κ3) is 4.29. The number of fused-ring (bicyclic) bond motifs is 1. The summed E-state index contributed by atoms with van der Waals surface area (Å²) >= 11 is 1.24. The SMILES string of the molecule is COC(=O)C1=C(C)N=c2s/c(=C\c3ccccc3)c(=O)n2C1c1ccc(OC(C)=O)c(OC)c1. The quantitative estimate of drug-likeness (QED) is 0.413. The predicted octanol–water partition coefficient (Wildman–Crippen LogP) is 2.34. The zero-order valence-electron chi connectivity index (χ0n) is 19.0. The molecule has 0 bridgehead atoms. The van der Waals surface area contributed by atoms with E-state index in [1.54, 1.807) is 31.2 Å². The van der Waals surface area contributed by atoms with Gasteiger partial charge in [0.2, 0.25) is 0 Å². The Balaban J connectivity index is 1.96. The molecule has 0 saturated carbocycles. The van der Waals surface area contributed by atoms with Gasteiger partial charge < -0.3 is 14.2 Å². The number of aromatic nitrogens is 1. The summed E-state index contributed by atoms with van der Waals surface area (Å²) in [7, 11) is 2.73. The summed E-state index contributed by atoms with van der Waals surface area (Å²) in [6.45, 7) is 3.00. The summed E-state index contributed by atoms with van der Waals surface area (Å²) in [4.78, 5) is 42.8. The fourth-order valence-electron chi connectivity index (χ4n) is 3.80. The molecule has 0 aliphatic carbocycles. The molecule has 1 aromatic heterocycles. The summed E-state index contributed by atoms with van der Waals surface area (Å²) in [6.07, 6.45) is 1.79.